The van der Waals surface area contributed by atoms with Crippen molar-refractivity contribution in [3.8, 4) is 11.4 Å². The van der Waals surface area contributed by atoms with E-state index in [2.05, 4.69) is 20.4 Å². The minimum absolute atomic E-state index is 0.173. The third-order valence-electron chi connectivity index (χ3n) is 4.64. The average Bonchev–Trinajstić information content (AvgIpc) is 3.25. The highest BCUT2D eigenvalue weighted by molar-refractivity contribution is 5.91. The van der Waals surface area contributed by atoms with Crippen molar-refractivity contribution in [1.82, 2.24) is 20.0 Å². The number of nitrogens with one attached hydrogen (secondary N) is 1. The first-order valence-electron chi connectivity index (χ1n) is 10.8. The van der Waals surface area contributed by atoms with E-state index in [9.17, 15) is 9.59 Å². The van der Waals surface area contributed by atoms with Gasteiger partial charge in [-0.15, -0.1) is 0 Å². The fourth-order valence-electron chi connectivity index (χ4n) is 3.02. The molecule has 9 heteroatoms. The van der Waals surface area contributed by atoms with Gasteiger partial charge in [-0.25, -0.2) is 4.79 Å². The number of pyridine rings is 1. The number of amides is 2. The lowest BCUT2D eigenvalue weighted by Gasteiger charge is -2.27. The van der Waals surface area contributed by atoms with Crippen molar-refractivity contribution in [3.63, 3.8) is 0 Å². The number of benzene rings is 1. The summed E-state index contributed by atoms with van der Waals surface area (Å²) >= 11 is 0. The number of nitrogens with zero attached hydrogens (tertiary/aromatic N) is 4. The van der Waals surface area contributed by atoms with Gasteiger partial charge in [0.05, 0.1) is 6.54 Å². The zero-order valence-electron chi connectivity index (χ0n) is 19.4. The Labute approximate surface area is 193 Å². The zero-order valence-corrected chi connectivity index (χ0v) is 19.4. The summed E-state index contributed by atoms with van der Waals surface area (Å²) in [5.74, 6) is 0.619. The number of hydrogen-bond donors (Lipinski definition) is 1. The van der Waals surface area contributed by atoms with E-state index in [0.717, 1.165) is 11.1 Å². The monoisotopic (exact) mass is 451 g/mol. The van der Waals surface area contributed by atoms with E-state index in [1.165, 1.54) is 0 Å². The largest absolute Gasteiger partial charge is 0.444 e. The smallest absolute Gasteiger partial charge is 0.410 e. The maximum atomic E-state index is 12.6. The van der Waals surface area contributed by atoms with Gasteiger partial charge in [-0.2, -0.15) is 4.98 Å². The SMILES string of the molecule is CCN(Cc1ccccc1NC(=O)CCc1nc(-c2cccnc2)no1)C(=O)OC(C)(C)C. The Kier molecular flexibility index (Phi) is 7.76. The van der Waals surface area contributed by atoms with Gasteiger partial charge in [0.25, 0.3) is 0 Å². The van der Waals surface area contributed by atoms with Crippen molar-refractivity contribution in [2.45, 2.75) is 52.7 Å². The summed E-state index contributed by atoms with van der Waals surface area (Å²) in [7, 11) is 0. The Bertz CT molecular complexity index is 1080. The van der Waals surface area contributed by atoms with Crippen molar-refractivity contribution in [2.75, 3.05) is 11.9 Å². The van der Waals surface area contributed by atoms with Gasteiger partial charge in [0, 0.05) is 43.0 Å². The molecule has 0 unspecified atom stereocenters. The van der Waals surface area contributed by atoms with E-state index in [-0.39, 0.29) is 12.3 Å². The summed E-state index contributed by atoms with van der Waals surface area (Å²) in [4.78, 5) is 35.0. The molecule has 1 aromatic carbocycles. The van der Waals surface area contributed by atoms with Crippen LogP contribution in [0.25, 0.3) is 11.4 Å². The predicted octanol–water partition coefficient (Wildman–Crippen LogP) is 4.46. The second-order valence-electron chi connectivity index (χ2n) is 8.45. The summed E-state index contributed by atoms with van der Waals surface area (Å²) < 4.78 is 10.7. The molecule has 3 rings (SSSR count). The molecule has 0 saturated heterocycles. The summed E-state index contributed by atoms with van der Waals surface area (Å²) in [5, 5.41) is 6.86. The molecule has 0 bridgehead atoms. The normalized spacial score (nSPS) is 11.2. The lowest BCUT2D eigenvalue weighted by atomic mass is 10.1. The van der Waals surface area contributed by atoms with Crippen molar-refractivity contribution in [1.29, 1.82) is 0 Å². The Morgan fingerprint density at radius 3 is 2.64 bits per heavy atom. The standard InChI is InChI=1S/C24H29N5O4/c1-5-29(23(31)32-24(2,3)4)16-18-9-6-7-11-19(18)26-20(30)12-13-21-27-22(28-33-21)17-10-8-14-25-15-17/h6-11,14-15H,5,12-13,16H2,1-4H3,(H,26,30). The predicted molar refractivity (Wildman–Crippen MR) is 123 cm³/mol. The van der Waals surface area contributed by atoms with Crippen LogP contribution >= 0.6 is 0 Å². The first kappa shape index (κ1) is 23.9. The molecule has 174 valence electrons. The molecule has 0 aliphatic rings. The van der Waals surface area contributed by atoms with E-state index >= 15 is 0 Å². The molecule has 0 fully saturated rings. The molecule has 33 heavy (non-hydrogen) atoms. The number of carbonyl (C=O) groups excluding carboxylic acids is 2. The van der Waals surface area contributed by atoms with Crippen LogP contribution in [0.15, 0.2) is 53.3 Å². The number of aromatic nitrogens is 3. The van der Waals surface area contributed by atoms with Crippen LogP contribution in [0, 0.1) is 0 Å². The molecule has 0 saturated carbocycles. The average molecular weight is 452 g/mol. The van der Waals surface area contributed by atoms with E-state index in [1.807, 2.05) is 58.0 Å². The van der Waals surface area contributed by atoms with Crippen molar-refractivity contribution < 1.29 is 18.8 Å². The Balaban J connectivity index is 1.59. The fraction of sp³-hybridized carbons (Fsp3) is 0.375. The molecule has 0 spiro atoms. The molecule has 2 aromatic heterocycles. The van der Waals surface area contributed by atoms with E-state index in [1.54, 1.807) is 23.4 Å². The molecule has 0 aliphatic carbocycles. The Hall–Kier alpha value is -3.75. The molecule has 2 heterocycles. The van der Waals surface area contributed by atoms with Crippen LogP contribution in [0.2, 0.25) is 0 Å². The van der Waals surface area contributed by atoms with Crippen molar-refractivity contribution in [3.05, 3.63) is 60.2 Å². The first-order valence-corrected chi connectivity index (χ1v) is 10.8. The highest BCUT2D eigenvalue weighted by atomic mass is 16.6. The second kappa shape index (κ2) is 10.7. The van der Waals surface area contributed by atoms with Crippen LogP contribution < -0.4 is 5.32 Å². The minimum Gasteiger partial charge on any atom is -0.444 e. The lowest BCUT2D eigenvalue weighted by molar-refractivity contribution is -0.116. The van der Waals surface area contributed by atoms with E-state index in [4.69, 9.17) is 9.26 Å². The van der Waals surface area contributed by atoms with Crippen LogP contribution in [0.3, 0.4) is 0 Å². The van der Waals surface area contributed by atoms with Crippen LogP contribution in [0.1, 0.15) is 45.6 Å². The lowest BCUT2D eigenvalue weighted by Crippen LogP contribution is -2.36. The van der Waals surface area contributed by atoms with E-state index in [0.29, 0.717) is 36.9 Å². The van der Waals surface area contributed by atoms with Gasteiger partial charge in [0.15, 0.2) is 0 Å². The molecule has 0 atom stereocenters. The number of aryl methyl sites for hydroxylation is 1. The van der Waals surface area contributed by atoms with Gasteiger partial charge < -0.3 is 19.5 Å². The number of ether oxygens (including phenoxy) is 1. The second-order valence-corrected chi connectivity index (χ2v) is 8.45. The Morgan fingerprint density at radius 2 is 1.94 bits per heavy atom. The van der Waals surface area contributed by atoms with Crippen LogP contribution in [0.5, 0.6) is 0 Å². The molecule has 9 nitrogen and oxygen atoms in total. The summed E-state index contributed by atoms with van der Waals surface area (Å²) in [6, 6.07) is 11.0. The first-order chi connectivity index (χ1) is 15.7. The molecular formula is C24H29N5O4. The molecule has 3 aromatic rings. The maximum absolute atomic E-state index is 12.6. The highest BCUT2D eigenvalue weighted by Crippen LogP contribution is 2.20. The minimum atomic E-state index is -0.579. The third-order valence-corrected chi connectivity index (χ3v) is 4.64. The number of rotatable bonds is 8. The van der Waals surface area contributed by atoms with Gasteiger partial charge >= 0.3 is 6.09 Å². The summed E-state index contributed by atoms with van der Waals surface area (Å²) in [6.45, 7) is 8.17. The van der Waals surface area contributed by atoms with Crippen LogP contribution in [-0.2, 0) is 22.5 Å². The zero-order chi connectivity index (χ0) is 23.8. The van der Waals surface area contributed by atoms with Crippen molar-refractivity contribution >= 4 is 17.7 Å². The van der Waals surface area contributed by atoms with Gasteiger partial charge in [0.1, 0.15) is 5.60 Å². The number of carbonyl (C=O) groups is 2. The number of hydrogen-bond acceptors (Lipinski definition) is 7. The number of anilines is 1. The van der Waals surface area contributed by atoms with Gasteiger partial charge in [-0.3, -0.25) is 9.78 Å². The Morgan fingerprint density at radius 1 is 1.15 bits per heavy atom. The van der Waals surface area contributed by atoms with Gasteiger partial charge in [0.2, 0.25) is 17.6 Å². The van der Waals surface area contributed by atoms with Gasteiger partial charge in [-0.1, -0.05) is 23.4 Å². The van der Waals surface area contributed by atoms with Crippen LogP contribution in [-0.4, -0.2) is 44.2 Å². The van der Waals surface area contributed by atoms with Gasteiger partial charge in [-0.05, 0) is 51.5 Å². The molecule has 0 radical (unpaired) electrons. The quantitative estimate of drug-likeness (QED) is 0.538. The topological polar surface area (TPSA) is 110 Å². The molecule has 2 amide bonds. The third kappa shape index (κ3) is 7.13. The fourth-order valence-corrected chi connectivity index (χ4v) is 3.02. The summed E-state index contributed by atoms with van der Waals surface area (Å²) in [5.41, 5.74) is 1.63. The van der Waals surface area contributed by atoms with Crippen LogP contribution in [0.4, 0.5) is 10.5 Å². The maximum Gasteiger partial charge on any atom is 0.410 e. The highest BCUT2D eigenvalue weighted by Gasteiger charge is 2.22. The molecular weight excluding hydrogens is 422 g/mol. The molecule has 0 aliphatic heterocycles. The summed E-state index contributed by atoms with van der Waals surface area (Å²) in [6.07, 6.45) is 3.40. The van der Waals surface area contributed by atoms with Crippen molar-refractivity contribution in [2.24, 2.45) is 0 Å². The number of para-hydroxylation sites is 1. The van der Waals surface area contributed by atoms with E-state index < -0.39 is 11.7 Å². The molecule has 1 N–H and O–H groups in total.